The van der Waals surface area contributed by atoms with Crippen LogP contribution in [0.2, 0.25) is 0 Å². The number of hydrogen-bond acceptors (Lipinski definition) is 7. The number of hydrogen-bond donors (Lipinski definition) is 8. The number of carbonyl (C=O) groups is 4. The third-order valence-electron chi connectivity index (χ3n) is 5.40. The summed E-state index contributed by atoms with van der Waals surface area (Å²) < 4.78 is 0. The number of nitrogens with two attached hydrogens (primary N) is 1. The molecule has 0 aliphatic heterocycles. The summed E-state index contributed by atoms with van der Waals surface area (Å²) in [6.45, 7) is 3.68. The molecule has 1 heterocycles. The highest BCUT2D eigenvalue weighted by molar-refractivity contribution is 7.80. The molecule has 0 saturated heterocycles. The van der Waals surface area contributed by atoms with Gasteiger partial charge in [0, 0.05) is 35.0 Å². The van der Waals surface area contributed by atoms with Gasteiger partial charge in [0.25, 0.3) is 0 Å². The molecule has 1 aromatic heterocycles. The second-order valence-corrected chi connectivity index (χ2v) is 9.42. The Kier molecular flexibility index (Phi) is 10.9. The highest BCUT2D eigenvalue weighted by atomic mass is 32.1. The molecule has 4 atom stereocenters. The fourth-order valence-electron chi connectivity index (χ4n) is 3.52. The van der Waals surface area contributed by atoms with E-state index in [4.69, 9.17) is 5.73 Å². The van der Waals surface area contributed by atoms with Crippen LogP contribution in [0.15, 0.2) is 30.5 Å². The molecule has 0 aliphatic rings. The van der Waals surface area contributed by atoms with E-state index in [-0.39, 0.29) is 30.3 Å². The lowest BCUT2D eigenvalue weighted by molar-refractivity contribution is -0.142. The SMILES string of the molecule is CC(C)CC(NC(=O)C(CS)NC(=O)C(Cc1c[nH]c2ccccc12)NC(=O)C(N)CS)C(=O)O. The first-order valence-corrected chi connectivity index (χ1v) is 12.5. The summed E-state index contributed by atoms with van der Waals surface area (Å²) in [5, 5.41) is 18.0. The second-order valence-electron chi connectivity index (χ2n) is 8.69. The summed E-state index contributed by atoms with van der Waals surface area (Å²) in [5.74, 6) is -2.98. The van der Waals surface area contributed by atoms with Crippen molar-refractivity contribution in [3.05, 3.63) is 36.0 Å². The Morgan fingerprint density at radius 1 is 0.943 bits per heavy atom. The Hall–Kier alpha value is -2.70. The number of carboxylic acid groups (broad SMARTS) is 1. The minimum atomic E-state index is -1.17. The largest absolute Gasteiger partial charge is 0.480 e. The normalized spacial score (nSPS) is 14.7. The van der Waals surface area contributed by atoms with Gasteiger partial charge < -0.3 is 31.8 Å². The highest BCUT2D eigenvalue weighted by Crippen LogP contribution is 2.19. The lowest BCUT2D eigenvalue weighted by Gasteiger charge is -2.24. The summed E-state index contributed by atoms with van der Waals surface area (Å²) in [6, 6.07) is 3.34. The fourth-order valence-corrected chi connectivity index (χ4v) is 3.95. The zero-order chi connectivity index (χ0) is 26.1. The number of nitrogens with one attached hydrogen (secondary N) is 4. The second kappa shape index (κ2) is 13.4. The first-order chi connectivity index (χ1) is 16.6. The van der Waals surface area contributed by atoms with Crippen LogP contribution in [0, 0.1) is 5.92 Å². The minimum absolute atomic E-state index is 0.0345. The van der Waals surface area contributed by atoms with Crippen molar-refractivity contribution < 1.29 is 24.3 Å². The molecule has 0 fully saturated rings. The van der Waals surface area contributed by atoms with Crippen molar-refractivity contribution in [3.63, 3.8) is 0 Å². The van der Waals surface area contributed by atoms with Gasteiger partial charge in [0.2, 0.25) is 17.7 Å². The van der Waals surface area contributed by atoms with Gasteiger partial charge in [-0.2, -0.15) is 25.3 Å². The summed E-state index contributed by atoms with van der Waals surface area (Å²) in [4.78, 5) is 53.0. The monoisotopic (exact) mass is 523 g/mol. The number of aromatic nitrogens is 1. The molecule has 10 nitrogen and oxygen atoms in total. The number of thiol groups is 2. The molecule has 12 heteroatoms. The zero-order valence-corrected chi connectivity index (χ0v) is 21.4. The zero-order valence-electron chi connectivity index (χ0n) is 19.7. The molecule has 2 rings (SSSR count). The first kappa shape index (κ1) is 28.5. The Morgan fingerprint density at radius 3 is 2.14 bits per heavy atom. The van der Waals surface area contributed by atoms with Gasteiger partial charge in [0.15, 0.2) is 0 Å². The molecule has 0 saturated carbocycles. The molecule has 7 N–H and O–H groups in total. The number of amides is 3. The number of benzene rings is 1. The Balaban J connectivity index is 2.21. The molecule has 3 amide bonds. The van der Waals surface area contributed by atoms with Crippen molar-refractivity contribution in [2.24, 2.45) is 11.7 Å². The smallest absolute Gasteiger partial charge is 0.326 e. The van der Waals surface area contributed by atoms with Crippen molar-refractivity contribution in [2.45, 2.75) is 50.9 Å². The Morgan fingerprint density at radius 2 is 1.54 bits per heavy atom. The number of fused-ring (bicyclic) bond motifs is 1. The third-order valence-corrected chi connectivity index (χ3v) is 6.16. The van der Waals surface area contributed by atoms with Crippen LogP contribution < -0.4 is 21.7 Å². The standard InChI is InChI=1S/C23H33N5O5S2/c1-12(2)7-18(23(32)33)27-22(31)19(11-35)28-21(30)17(26-20(29)15(24)10-34)8-13-9-25-16-6-4-3-5-14(13)16/h3-6,9,12,15,17-19,25,34-35H,7-8,10-11,24H2,1-2H3,(H,26,29)(H,27,31)(H,28,30)(H,32,33). The van der Waals surface area contributed by atoms with E-state index in [1.807, 2.05) is 38.1 Å². The van der Waals surface area contributed by atoms with Crippen LogP contribution in [0.1, 0.15) is 25.8 Å². The van der Waals surface area contributed by atoms with Gasteiger partial charge in [-0.25, -0.2) is 4.79 Å². The van der Waals surface area contributed by atoms with E-state index in [1.165, 1.54) is 0 Å². The van der Waals surface area contributed by atoms with Crippen molar-refractivity contribution in [3.8, 4) is 0 Å². The number of aromatic amines is 1. The Labute approximate surface area is 215 Å². The maximum atomic E-state index is 13.2. The van der Waals surface area contributed by atoms with Gasteiger partial charge in [-0.3, -0.25) is 14.4 Å². The summed E-state index contributed by atoms with van der Waals surface area (Å²) in [6.07, 6.45) is 2.11. The number of aliphatic carboxylic acids is 1. The van der Waals surface area contributed by atoms with Crippen molar-refractivity contribution in [2.75, 3.05) is 11.5 Å². The van der Waals surface area contributed by atoms with E-state index in [0.717, 1.165) is 16.5 Å². The number of H-pyrrole nitrogens is 1. The van der Waals surface area contributed by atoms with Crippen LogP contribution in [-0.2, 0) is 25.6 Å². The van der Waals surface area contributed by atoms with Crippen LogP contribution in [0.5, 0.6) is 0 Å². The maximum Gasteiger partial charge on any atom is 0.326 e. The van der Waals surface area contributed by atoms with E-state index >= 15 is 0 Å². The summed E-state index contributed by atoms with van der Waals surface area (Å²) in [7, 11) is 0. The molecule has 2 aromatic rings. The van der Waals surface area contributed by atoms with Crippen LogP contribution in [0.4, 0.5) is 0 Å². The highest BCUT2D eigenvalue weighted by Gasteiger charge is 2.30. The van der Waals surface area contributed by atoms with Gasteiger partial charge in [-0.05, 0) is 24.0 Å². The van der Waals surface area contributed by atoms with Gasteiger partial charge in [0.05, 0.1) is 6.04 Å². The van der Waals surface area contributed by atoms with Crippen LogP contribution >= 0.6 is 25.3 Å². The molecular formula is C23H33N5O5S2. The molecule has 0 aliphatic carbocycles. The average Bonchev–Trinajstić information content (AvgIpc) is 3.23. The van der Waals surface area contributed by atoms with Crippen molar-refractivity contribution in [1.29, 1.82) is 0 Å². The predicted molar refractivity (Wildman–Crippen MR) is 141 cm³/mol. The average molecular weight is 524 g/mol. The van der Waals surface area contributed by atoms with Gasteiger partial charge >= 0.3 is 5.97 Å². The Bertz CT molecular complexity index is 1040. The van der Waals surface area contributed by atoms with E-state index in [1.54, 1.807) is 6.20 Å². The quantitative estimate of drug-likeness (QED) is 0.178. The number of carbonyl (C=O) groups excluding carboxylic acids is 3. The lowest BCUT2D eigenvalue weighted by Crippen LogP contribution is -2.58. The lowest BCUT2D eigenvalue weighted by atomic mass is 10.0. The van der Waals surface area contributed by atoms with E-state index in [2.05, 4.69) is 46.2 Å². The van der Waals surface area contributed by atoms with Gasteiger partial charge in [0.1, 0.15) is 18.1 Å². The van der Waals surface area contributed by atoms with Gasteiger partial charge in [-0.15, -0.1) is 0 Å². The molecule has 192 valence electrons. The van der Waals surface area contributed by atoms with Crippen LogP contribution in [0.3, 0.4) is 0 Å². The maximum absolute atomic E-state index is 13.2. The molecular weight excluding hydrogens is 490 g/mol. The predicted octanol–water partition coefficient (Wildman–Crippen LogP) is 0.482. The minimum Gasteiger partial charge on any atom is -0.480 e. The number of rotatable bonds is 13. The molecule has 0 radical (unpaired) electrons. The van der Waals surface area contributed by atoms with Gasteiger partial charge in [-0.1, -0.05) is 32.0 Å². The fraction of sp³-hybridized carbons (Fsp3) is 0.478. The molecule has 1 aromatic carbocycles. The van der Waals surface area contributed by atoms with E-state index in [9.17, 15) is 24.3 Å². The summed E-state index contributed by atoms with van der Waals surface area (Å²) >= 11 is 8.19. The van der Waals surface area contributed by atoms with Crippen molar-refractivity contribution >= 4 is 59.9 Å². The topological polar surface area (TPSA) is 166 Å². The van der Waals surface area contributed by atoms with Crippen molar-refractivity contribution in [1.82, 2.24) is 20.9 Å². The molecule has 35 heavy (non-hydrogen) atoms. The number of carboxylic acids is 1. The first-order valence-electron chi connectivity index (χ1n) is 11.2. The van der Waals surface area contributed by atoms with E-state index in [0.29, 0.717) is 0 Å². The molecule has 0 bridgehead atoms. The molecule has 4 unspecified atom stereocenters. The number of para-hydroxylation sites is 1. The third kappa shape index (κ3) is 8.18. The summed E-state index contributed by atoms with van der Waals surface area (Å²) in [5.41, 5.74) is 7.43. The van der Waals surface area contributed by atoms with Crippen LogP contribution in [-0.4, -0.2) is 69.5 Å². The van der Waals surface area contributed by atoms with Crippen LogP contribution in [0.25, 0.3) is 10.9 Å². The van der Waals surface area contributed by atoms with E-state index < -0.39 is 47.9 Å². The molecule has 0 spiro atoms.